The van der Waals surface area contributed by atoms with Crippen LogP contribution in [0.3, 0.4) is 0 Å². The highest BCUT2D eigenvalue weighted by Gasteiger charge is 2.30. The number of hydrogen-bond donors (Lipinski definition) is 2. The Morgan fingerprint density at radius 2 is 2.03 bits per heavy atom. The highest BCUT2D eigenvalue weighted by Crippen LogP contribution is 2.31. The van der Waals surface area contributed by atoms with Crippen molar-refractivity contribution >= 4 is 39.5 Å². The molecule has 1 aromatic carbocycles. The Balaban J connectivity index is 1.14. The zero-order valence-electron chi connectivity index (χ0n) is 19.2. The van der Waals surface area contributed by atoms with Crippen molar-refractivity contribution in [3.8, 4) is 0 Å². The first kappa shape index (κ1) is 22.3. The van der Waals surface area contributed by atoms with Crippen molar-refractivity contribution in [2.24, 2.45) is 0 Å². The molecule has 1 atom stereocenters. The molecule has 3 aliphatic rings. The van der Waals surface area contributed by atoms with E-state index in [9.17, 15) is 9.59 Å². The number of aromatic nitrogens is 1. The van der Waals surface area contributed by atoms with E-state index in [1.807, 2.05) is 18.2 Å². The van der Waals surface area contributed by atoms with E-state index in [2.05, 4.69) is 31.9 Å². The second-order valence-corrected chi connectivity index (χ2v) is 10.3. The number of carbonyl (C=O) groups is 2. The highest BCUT2D eigenvalue weighted by molar-refractivity contribution is 7.15. The maximum absolute atomic E-state index is 12.0. The third kappa shape index (κ3) is 4.62. The van der Waals surface area contributed by atoms with Crippen molar-refractivity contribution in [1.82, 2.24) is 14.8 Å². The highest BCUT2D eigenvalue weighted by atomic mass is 32.1. The molecule has 3 heterocycles. The van der Waals surface area contributed by atoms with E-state index in [0.29, 0.717) is 22.4 Å². The Morgan fingerprint density at radius 1 is 1.21 bits per heavy atom. The molecule has 0 radical (unpaired) electrons. The Morgan fingerprint density at radius 3 is 2.82 bits per heavy atom. The summed E-state index contributed by atoms with van der Waals surface area (Å²) in [5.41, 5.74) is 9.29. The van der Waals surface area contributed by atoms with Gasteiger partial charge < -0.3 is 16.0 Å². The zero-order valence-corrected chi connectivity index (χ0v) is 20.0. The number of nitrogen functional groups attached to an aromatic ring is 1. The van der Waals surface area contributed by atoms with Gasteiger partial charge in [-0.05, 0) is 50.4 Å². The first-order valence-electron chi connectivity index (χ1n) is 12.0. The zero-order chi connectivity index (χ0) is 22.9. The van der Waals surface area contributed by atoms with Gasteiger partial charge in [0.05, 0.1) is 16.9 Å². The number of hydrogen-bond acceptors (Lipinski definition) is 8. The maximum Gasteiger partial charge on any atom is 0.296 e. The van der Waals surface area contributed by atoms with Gasteiger partial charge in [-0.25, -0.2) is 4.98 Å². The number of thiazole rings is 1. The molecule has 1 aromatic heterocycles. The normalized spacial score (nSPS) is 20.8. The standard InChI is InChI=1S/C24H32N6O2S/c1-2-7-29(17-4-6-20-21(15-17)33-24(25)27-20)11-8-28-9-12-30(13-10-28)16-3-5-19-18(14-16)22(31)23(32)26-19/h3,5,14,17H,2,4,6-13,15H2,1H3,(H2,25,27)(H,26,31,32). The number of ketones is 1. The number of piperazine rings is 1. The SMILES string of the molecule is CCCN(CCN1CCN(c2ccc3c(c2)C(=O)C(=O)N3)CC1)C1CCc2nc(N)sc2C1. The summed E-state index contributed by atoms with van der Waals surface area (Å²) < 4.78 is 0. The number of amides is 1. The van der Waals surface area contributed by atoms with Crippen LogP contribution in [0.4, 0.5) is 16.5 Å². The fraction of sp³-hybridized carbons (Fsp3) is 0.542. The smallest absolute Gasteiger partial charge is 0.296 e. The predicted octanol–water partition coefficient (Wildman–Crippen LogP) is 2.25. The van der Waals surface area contributed by atoms with Crippen LogP contribution < -0.4 is 16.0 Å². The number of aryl methyl sites for hydroxylation is 1. The minimum absolute atomic E-state index is 0.433. The molecular weight excluding hydrogens is 436 g/mol. The van der Waals surface area contributed by atoms with Crippen LogP contribution in [0, 0.1) is 0 Å². The van der Waals surface area contributed by atoms with Gasteiger partial charge in [-0.15, -0.1) is 11.3 Å². The molecule has 2 aromatic rings. The van der Waals surface area contributed by atoms with Gasteiger partial charge in [-0.3, -0.25) is 19.4 Å². The van der Waals surface area contributed by atoms with Crippen molar-refractivity contribution in [2.75, 3.05) is 61.8 Å². The second kappa shape index (κ2) is 9.40. The summed E-state index contributed by atoms with van der Waals surface area (Å²) in [5.74, 6) is -0.964. The summed E-state index contributed by atoms with van der Waals surface area (Å²) in [5, 5.41) is 3.33. The van der Waals surface area contributed by atoms with Crippen LogP contribution in [0.15, 0.2) is 18.2 Å². The van der Waals surface area contributed by atoms with Crippen molar-refractivity contribution in [3.63, 3.8) is 0 Å². The van der Waals surface area contributed by atoms with Gasteiger partial charge in [0, 0.05) is 55.9 Å². The quantitative estimate of drug-likeness (QED) is 0.602. The first-order chi connectivity index (χ1) is 16.0. The minimum Gasteiger partial charge on any atom is -0.375 e. The Labute approximate surface area is 198 Å². The largest absolute Gasteiger partial charge is 0.375 e. The summed E-state index contributed by atoms with van der Waals surface area (Å²) in [6, 6.07) is 6.28. The number of Topliss-reactive ketones (excluding diaryl/α,β-unsaturated/α-hetero) is 1. The first-order valence-corrected chi connectivity index (χ1v) is 12.8. The summed E-state index contributed by atoms with van der Waals surface area (Å²) >= 11 is 1.66. The van der Waals surface area contributed by atoms with Gasteiger partial charge in [0.25, 0.3) is 11.7 Å². The van der Waals surface area contributed by atoms with Gasteiger partial charge >= 0.3 is 0 Å². The van der Waals surface area contributed by atoms with Crippen LogP contribution in [-0.2, 0) is 17.6 Å². The van der Waals surface area contributed by atoms with Gasteiger partial charge in [0.15, 0.2) is 5.13 Å². The Hall–Kier alpha value is -2.49. The van der Waals surface area contributed by atoms with Gasteiger partial charge in [-0.2, -0.15) is 0 Å². The molecule has 5 rings (SSSR count). The van der Waals surface area contributed by atoms with E-state index < -0.39 is 11.7 Å². The number of anilines is 3. The topological polar surface area (TPSA) is 94.8 Å². The van der Waals surface area contributed by atoms with E-state index in [0.717, 1.165) is 70.8 Å². The maximum atomic E-state index is 12.0. The van der Waals surface area contributed by atoms with Crippen LogP contribution in [-0.4, -0.2) is 78.3 Å². The average molecular weight is 469 g/mol. The molecule has 3 N–H and O–H groups in total. The van der Waals surface area contributed by atoms with E-state index in [1.54, 1.807) is 11.3 Å². The molecule has 1 fully saturated rings. The summed E-state index contributed by atoms with van der Waals surface area (Å²) in [7, 11) is 0. The number of nitrogens with two attached hydrogens (primary N) is 1. The monoisotopic (exact) mass is 468 g/mol. The Kier molecular flexibility index (Phi) is 6.36. The fourth-order valence-electron chi connectivity index (χ4n) is 5.28. The summed E-state index contributed by atoms with van der Waals surface area (Å²) in [6.07, 6.45) is 4.44. The molecule has 9 heteroatoms. The molecule has 2 aliphatic heterocycles. The van der Waals surface area contributed by atoms with Crippen LogP contribution in [0.25, 0.3) is 0 Å². The minimum atomic E-state index is -0.531. The third-order valence-corrected chi connectivity index (χ3v) is 8.05. The summed E-state index contributed by atoms with van der Waals surface area (Å²) in [4.78, 5) is 37.0. The fourth-order valence-corrected chi connectivity index (χ4v) is 6.23. The van der Waals surface area contributed by atoms with E-state index in [4.69, 9.17) is 5.73 Å². The van der Waals surface area contributed by atoms with Crippen molar-refractivity contribution in [1.29, 1.82) is 0 Å². The lowest BCUT2D eigenvalue weighted by Crippen LogP contribution is -2.50. The number of fused-ring (bicyclic) bond motifs is 2. The van der Waals surface area contributed by atoms with Crippen LogP contribution in [0.2, 0.25) is 0 Å². The van der Waals surface area contributed by atoms with Crippen molar-refractivity contribution in [3.05, 3.63) is 34.3 Å². The molecule has 33 heavy (non-hydrogen) atoms. The lowest BCUT2D eigenvalue weighted by molar-refractivity contribution is -0.112. The number of rotatable bonds is 7. The molecular formula is C24H32N6O2S. The lowest BCUT2D eigenvalue weighted by Gasteiger charge is -2.39. The lowest BCUT2D eigenvalue weighted by atomic mass is 9.96. The average Bonchev–Trinajstić information content (AvgIpc) is 3.34. The number of nitrogens with one attached hydrogen (secondary N) is 1. The van der Waals surface area contributed by atoms with Crippen molar-refractivity contribution in [2.45, 2.75) is 38.6 Å². The predicted molar refractivity (Wildman–Crippen MR) is 132 cm³/mol. The van der Waals surface area contributed by atoms with Crippen molar-refractivity contribution < 1.29 is 9.59 Å². The van der Waals surface area contributed by atoms with E-state index in [1.165, 1.54) is 17.0 Å². The molecule has 0 bridgehead atoms. The van der Waals surface area contributed by atoms with Crippen LogP contribution >= 0.6 is 11.3 Å². The number of carbonyl (C=O) groups excluding carboxylic acids is 2. The van der Waals surface area contributed by atoms with Gasteiger partial charge in [0.1, 0.15) is 0 Å². The molecule has 176 valence electrons. The number of benzene rings is 1. The van der Waals surface area contributed by atoms with Crippen LogP contribution in [0.5, 0.6) is 0 Å². The molecule has 1 amide bonds. The summed E-state index contributed by atoms with van der Waals surface area (Å²) in [6.45, 7) is 9.40. The van der Waals surface area contributed by atoms with Gasteiger partial charge in [0.2, 0.25) is 0 Å². The molecule has 1 saturated heterocycles. The molecule has 1 aliphatic carbocycles. The number of nitrogens with zero attached hydrogens (tertiary/aromatic N) is 4. The molecule has 0 saturated carbocycles. The van der Waals surface area contributed by atoms with E-state index >= 15 is 0 Å². The van der Waals surface area contributed by atoms with Gasteiger partial charge in [-0.1, -0.05) is 6.92 Å². The van der Waals surface area contributed by atoms with Crippen LogP contribution in [0.1, 0.15) is 40.7 Å². The van der Waals surface area contributed by atoms with E-state index in [-0.39, 0.29) is 0 Å². The Bertz CT molecular complexity index is 1050. The second-order valence-electron chi connectivity index (χ2n) is 9.20. The molecule has 0 spiro atoms. The third-order valence-electron chi connectivity index (χ3n) is 7.10. The molecule has 1 unspecified atom stereocenters. The molecule has 8 nitrogen and oxygen atoms in total.